The summed E-state index contributed by atoms with van der Waals surface area (Å²) in [6.07, 6.45) is 4.38. The molecular formula is C13H17O2. The van der Waals surface area contributed by atoms with Crippen LogP contribution in [0.15, 0.2) is 24.3 Å². The highest BCUT2D eigenvalue weighted by Crippen LogP contribution is 2.13. The van der Waals surface area contributed by atoms with Crippen LogP contribution in [0.3, 0.4) is 0 Å². The van der Waals surface area contributed by atoms with Gasteiger partial charge in [-0.25, -0.2) is 0 Å². The molecule has 0 amide bonds. The fraction of sp³-hybridized carbons (Fsp3) is 0.538. The van der Waals surface area contributed by atoms with Crippen LogP contribution < -0.4 is 0 Å². The maximum absolute atomic E-state index is 5.64. The van der Waals surface area contributed by atoms with E-state index in [9.17, 15) is 0 Å². The minimum absolute atomic E-state index is 0.0301. The highest BCUT2D eigenvalue weighted by atomic mass is 16.7. The molecule has 2 nitrogen and oxygen atoms in total. The first-order valence-electron chi connectivity index (χ1n) is 5.64. The molecule has 0 aromatic heterocycles. The van der Waals surface area contributed by atoms with Gasteiger partial charge in [-0.05, 0) is 37.3 Å². The van der Waals surface area contributed by atoms with E-state index in [1.165, 1.54) is 18.4 Å². The summed E-state index contributed by atoms with van der Waals surface area (Å²) in [6.45, 7) is 1.58. The summed E-state index contributed by atoms with van der Waals surface area (Å²) in [5.41, 5.74) is 1.20. The summed E-state index contributed by atoms with van der Waals surface area (Å²) in [7, 11) is 0. The minimum Gasteiger partial charge on any atom is -0.353 e. The van der Waals surface area contributed by atoms with E-state index < -0.39 is 0 Å². The van der Waals surface area contributed by atoms with Crippen molar-refractivity contribution >= 4 is 0 Å². The largest absolute Gasteiger partial charge is 0.353 e. The van der Waals surface area contributed by atoms with Crippen LogP contribution in [0, 0.1) is 6.07 Å². The van der Waals surface area contributed by atoms with E-state index in [1.807, 2.05) is 18.2 Å². The van der Waals surface area contributed by atoms with Gasteiger partial charge in [0, 0.05) is 6.61 Å². The van der Waals surface area contributed by atoms with Crippen LogP contribution in [0.1, 0.15) is 24.8 Å². The molecule has 1 aliphatic heterocycles. The third kappa shape index (κ3) is 3.65. The molecule has 81 valence electrons. The average Bonchev–Trinajstić information content (AvgIpc) is 2.32. The monoisotopic (exact) mass is 205 g/mol. The van der Waals surface area contributed by atoms with Crippen molar-refractivity contribution in [2.75, 3.05) is 13.2 Å². The Kier molecular flexibility index (Phi) is 4.18. The highest BCUT2D eigenvalue weighted by Gasteiger charge is 2.13. The smallest absolute Gasteiger partial charge is 0.157 e. The number of ether oxygens (including phenoxy) is 2. The molecule has 1 unspecified atom stereocenters. The van der Waals surface area contributed by atoms with Gasteiger partial charge >= 0.3 is 0 Å². The first kappa shape index (κ1) is 10.7. The van der Waals surface area contributed by atoms with Gasteiger partial charge in [-0.3, -0.25) is 0 Å². The number of rotatable bonds is 4. The topological polar surface area (TPSA) is 18.5 Å². The van der Waals surface area contributed by atoms with Crippen molar-refractivity contribution in [3.63, 3.8) is 0 Å². The van der Waals surface area contributed by atoms with Crippen molar-refractivity contribution in [3.8, 4) is 0 Å². The van der Waals surface area contributed by atoms with Crippen molar-refractivity contribution in [1.29, 1.82) is 0 Å². The molecule has 0 spiro atoms. The van der Waals surface area contributed by atoms with E-state index in [0.29, 0.717) is 0 Å². The van der Waals surface area contributed by atoms with E-state index >= 15 is 0 Å². The molecule has 1 fully saturated rings. The van der Waals surface area contributed by atoms with Gasteiger partial charge in [-0.2, -0.15) is 0 Å². The predicted molar refractivity (Wildman–Crippen MR) is 58.5 cm³/mol. The zero-order chi connectivity index (χ0) is 10.3. The van der Waals surface area contributed by atoms with Gasteiger partial charge in [0.05, 0.1) is 6.61 Å². The Morgan fingerprint density at radius 2 is 2.40 bits per heavy atom. The molecule has 15 heavy (non-hydrogen) atoms. The molecule has 2 rings (SSSR count). The molecule has 1 aliphatic rings. The second kappa shape index (κ2) is 5.89. The van der Waals surface area contributed by atoms with Crippen molar-refractivity contribution in [1.82, 2.24) is 0 Å². The summed E-state index contributed by atoms with van der Waals surface area (Å²) in [5.74, 6) is 0. The van der Waals surface area contributed by atoms with Crippen LogP contribution >= 0.6 is 0 Å². The fourth-order valence-corrected chi connectivity index (χ4v) is 1.73. The van der Waals surface area contributed by atoms with Gasteiger partial charge < -0.3 is 9.47 Å². The summed E-state index contributed by atoms with van der Waals surface area (Å²) < 4.78 is 11.1. The molecular weight excluding hydrogens is 188 g/mol. The number of benzene rings is 1. The van der Waals surface area contributed by atoms with Crippen LogP contribution in [0.25, 0.3) is 0 Å². The standard InChI is InChI=1S/C13H17O2/c1-2-6-12(7-3-1)9-11-15-13-8-4-5-10-14-13/h1-3,6,13H,4-5,8-11H2. The Balaban J connectivity index is 1.66. The Morgan fingerprint density at radius 3 is 3.13 bits per heavy atom. The molecule has 1 atom stereocenters. The van der Waals surface area contributed by atoms with Gasteiger partial charge in [0.1, 0.15) is 0 Å². The van der Waals surface area contributed by atoms with Crippen LogP contribution in [-0.4, -0.2) is 19.5 Å². The Bertz CT molecular complexity index is 265. The van der Waals surface area contributed by atoms with Gasteiger partial charge in [0.2, 0.25) is 0 Å². The van der Waals surface area contributed by atoms with E-state index in [-0.39, 0.29) is 6.29 Å². The van der Waals surface area contributed by atoms with Crippen LogP contribution in [0.5, 0.6) is 0 Å². The molecule has 1 aromatic rings. The third-order valence-corrected chi connectivity index (χ3v) is 2.59. The van der Waals surface area contributed by atoms with Crippen LogP contribution in [0.2, 0.25) is 0 Å². The molecule has 1 saturated heterocycles. The lowest BCUT2D eigenvalue weighted by atomic mass is 10.2. The molecule has 1 radical (unpaired) electrons. The number of hydrogen-bond acceptors (Lipinski definition) is 2. The highest BCUT2D eigenvalue weighted by molar-refractivity contribution is 5.12. The summed E-state index contributed by atoms with van der Waals surface area (Å²) in [5, 5.41) is 0. The molecule has 1 heterocycles. The van der Waals surface area contributed by atoms with E-state index in [4.69, 9.17) is 9.47 Å². The molecule has 2 heteroatoms. The van der Waals surface area contributed by atoms with Gasteiger partial charge in [0.15, 0.2) is 6.29 Å². The Morgan fingerprint density at radius 1 is 1.40 bits per heavy atom. The van der Waals surface area contributed by atoms with Crippen molar-refractivity contribution in [3.05, 3.63) is 35.9 Å². The van der Waals surface area contributed by atoms with Crippen molar-refractivity contribution in [2.24, 2.45) is 0 Å². The lowest BCUT2D eigenvalue weighted by Gasteiger charge is -2.22. The van der Waals surface area contributed by atoms with Crippen molar-refractivity contribution in [2.45, 2.75) is 32.0 Å². The zero-order valence-electron chi connectivity index (χ0n) is 8.95. The number of hydrogen-bond donors (Lipinski definition) is 0. The Hall–Kier alpha value is -0.860. The predicted octanol–water partition coefficient (Wildman–Crippen LogP) is 2.57. The van der Waals surface area contributed by atoms with Gasteiger partial charge in [0.25, 0.3) is 0 Å². The Labute approximate surface area is 91.2 Å². The molecule has 0 N–H and O–H groups in total. The SMILES string of the molecule is [c]1ccccc1CCOC1CCCCO1. The van der Waals surface area contributed by atoms with Crippen LogP contribution in [0.4, 0.5) is 0 Å². The lowest BCUT2D eigenvalue weighted by molar-refractivity contribution is -0.161. The lowest BCUT2D eigenvalue weighted by Crippen LogP contribution is -2.23. The summed E-state index contributed by atoms with van der Waals surface area (Å²) in [6, 6.07) is 11.2. The third-order valence-electron chi connectivity index (χ3n) is 2.59. The molecule has 0 saturated carbocycles. The van der Waals surface area contributed by atoms with Gasteiger partial charge in [-0.15, -0.1) is 0 Å². The normalized spacial score (nSPS) is 21.5. The van der Waals surface area contributed by atoms with E-state index in [2.05, 4.69) is 12.1 Å². The quantitative estimate of drug-likeness (QED) is 0.752. The second-order valence-corrected chi connectivity index (χ2v) is 3.80. The molecule has 0 aliphatic carbocycles. The summed E-state index contributed by atoms with van der Waals surface area (Å²) in [4.78, 5) is 0. The molecule has 1 aromatic carbocycles. The first-order chi connectivity index (χ1) is 7.45. The maximum Gasteiger partial charge on any atom is 0.157 e. The zero-order valence-corrected chi connectivity index (χ0v) is 8.95. The first-order valence-corrected chi connectivity index (χ1v) is 5.64. The van der Waals surface area contributed by atoms with E-state index in [1.54, 1.807) is 0 Å². The second-order valence-electron chi connectivity index (χ2n) is 3.80. The van der Waals surface area contributed by atoms with Crippen molar-refractivity contribution < 1.29 is 9.47 Å². The fourth-order valence-electron chi connectivity index (χ4n) is 1.73. The maximum atomic E-state index is 5.64. The average molecular weight is 205 g/mol. The molecule has 0 bridgehead atoms. The van der Waals surface area contributed by atoms with Gasteiger partial charge in [-0.1, -0.05) is 24.3 Å². The summed E-state index contributed by atoms with van der Waals surface area (Å²) >= 11 is 0. The van der Waals surface area contributed by atoms with E-state index in [0.717, 1.165) is 26.1 Å². The van der Waals surface area contributed by atoms with Crippen LogP contribution in [-0.2, 0) is 15.9 Å². The minimum atomic E-state index is 0.0301.